The molecule has 3 aromatic carbocycles. The zero-order chi connectivity index (χ0) is 28.2. The molecule has 10 heteroatoms. The first kappa shape index (κ1) is 25.3. The van der Waals surface area contributed by atoms with Gasteiger partial charge in [0.2, 0.25) is 5.91 Å². The Morgan fingerprint density at radius 2 is 2.00 bits per heavy atom. The number of fused-ring (bicyclic) bond motifs is 7. The molecule has 1 saturated heterocycles. The predicted octanol–water partition coefficient (Wildman–Crippen LogP) is 6.09. The summed E-state index contributed by atoms with van der Waals surface area (Å²) in [5.41, 5.74) is 2.60. The second kappa shape index (κ2) is 8.77. The summed E-state index contributed by atoms with van der Waals surface area (Å²) in [5, 5.41) is 3.62. The van der Waals surface area contributed by atoms with Crippen molar-refractivity contribution in [2.24, 2.45) is 5.92 Å². The predicted molar refractivity (Wildman–Crippen MR) is 153 cm³/mol. The van der Waals surface area contributed by atoms with E-state index in [0.29, 0.717) is 46.4 Å². The molecular formula is C31H25Cl2FN4O3. The molecule has 2 fully saturated rings. The van der Waals surface area contributed by atoms with Crippen LogP contribution in [0.25, 0.3) is 11.0 Å². The van der Waals surface area contributed by atoms with E-state index in [1.165, 1.54) is 13.2 Å². The fourth-order valence-electron chi connectivity index (χ4n) is 7.60. The van der Waals surface area contributed by atoms with Gasteiger partial charge >= 0.3 is 5.97 Å². The van der Waals surface area contributed by atoms with E-state index >= 15 is 4.39 Å². The molecule has 1 aromatic heterocycles. The molecule has 0 unspecified atom stereocenters. The van der Waals surface area contributed by atoms with Gasteiger partial charge in [0, 0.05) is 47.2 Å². The topological polar surface area (TPSA) is 76.5 Å². The van der Waals surface area contributed by atoms with Crippen molar-refractivity contribution in [2.75, 3.05) is 19.0 Å². The SMILES string of the molecule is COC(=O)c1ccc2c(c1)nc1n2C[C@@H]2[C@H]1[C@H](c1cccc(Cl)c1F)[C@@]1(C(=O)Nc3cc(Cl)ccc31)N2CC1CC1. The van der Waals surface area contributed by atoms with E-state index in [2.05, 4.69) is 14.8 Å². The Bertz CT molecular complexity index is 1800. The van der Waals surface area contributed by atoms with Crippen LogP contribution in [-0.2, 0) is 21.6 Å². The smallest absolute Gasteiger partial charge is 0.337 e. The van der Waals surface area contributed by atoms with Gasteiger partial charge in [-0.15, -0.1) is 0 Å². The molecule has 8 rings (SSSR count). The number of esters is 1. The average Bonchev–Trinajstić information content (AvgIpc) is 3.41. The molecule has 4 aromatic rings. The Morgan fingerprint density at radius 3 is 2.78 bits per heavy atom. The van der Waals surface area contributed by atoms with Crippen LogP contribution in [0.15, 0.2) is 54.6 Å². The van der Waals surface area contributed by atoms with Crippen molar-refractivity contribution in [3.8, 4) is 0 Å². The molecule has 1 spiro atoms. The maximum atomic E-state index is 16.1. The minimum absolute atomic E-state index is 0.0128. The number of amides is 1. The number of carbonyl (C=O) groups excluding carboxylic acids is 2. The maximum absolute atomic E-state index is 16.1. The molecule has 7 nitrogen and oxygen atoms in total. The number of rotatable bonds is 4. The molecule has 1 saturated carbocycles. The van der Waals surface area contributed by atoms with Gasteiger partial charge in [-0.2, -0.15) is 0 Å². The number of hydrogen-bond acceptors (Lipinski definition) is 5. The van der Waals surface area contributed by atoms with Crippen molar-refractivity contribution in [1.82, 2.24) is 14.5 Å². The largest absolute Gasteiger partial charge is 0.465 e. The Kier molecular flexibility index (Phi) is 5.40. The zero-order valence-corrected chi connectivity index (χ0v) is 23.5. The van der Waals surface area contributed by atoms with Crippen LogP contribution < -0.4 is 5.32 Å². The van der Waals surface area contributed by atoms with Gasteiger partial charge in [-0.1, -0.05) is 41.4 Å². The molecular weight excluding hydrogens is 566 g/mol. The molecule has 4 aliphatic rings. The molecule has 4 atom stereocenters. The third-order valence-corrected chi connectivity index (χ3v) is 9.93. The van der Waals surface area contributed by atoms with Crippen molar-refractivity contribution < 1.29 is 18.7 Å². The number of benzene rings is 3. The summed E-state index contributed by atoms with van der Waals surface area (Å²) >= 11 is 12.7. The summed E-state index contributed by atoms with van der Waals surface area (Å²) < 4.78 is 23.2. The van der Waals surface area contributed by atoms with E-state index in [1.807, 2.05) is 12.1 Å². The number of anilines is 1. The van der Waals surface area contributed by atoms with Gasteiger partial charge < -0.3 is 14.6 Å². The van der Waals surface area contributed by atoms with E-state index in [-0.39, 0.29) is 22.9 Å². The van der Waals surface area contributed by atoms with Crippen molar-refractivity contribution in [2.45, 2.75) is 42.8 Å². The van der Waals surface area contributed by atoms with Crippen LogP contribution in [-0.4, -0.2) is 46.0 Å². The molecule has 1 amide bonds. The molecule has 4 heterocycles. The van der Waals surface area contributed by atoms with Crippen LogP contribution in [0.4, 0.5) is 10.1 Å². The summed E-state index contributed by atoms with van der Waals surface area (Å²) in [6.07, 6.45) is 2.19. The van der Waals surface area contributed by atoms with Crippen molar-refractivity contribution in [3.05, 3.63) is 93.0 Å². The van der Waals surface area contributed by atoms with Gasteiger partial charge in [-0.25, -0.2) is 14.2 Å². The number of nitrogens with zero attached hydrogens (tertiary/aromatic N) is 3. The first-order chi connectivity index (χ1) is 19.8. The first-order valence-corrected chi connectivity index (χ1v) is 14.5. The number of methoxy groups -OCH3 is 1. The minimum atomic E-state index is -1.18. The molecule has 41 heavy (non-hydrogen) atoms. The summed E-state index contributed by atoms with van der Waals surface area (Å²) in [5.74, 6) is -0.858. The number of hydrogen-bond donors (Lipinski definition) is 1. The van der Waals surface area contributed by atoms with Crippen LogP contribution in [0.5, 0.6) is 0 Å². The number of carbonyl (C=O) groups is 2. The van der Waals surface area contributed by atoms with Gasteiger partial charge in [0.15, 0.2) is 0 Å². The van der Waals surface area contributed by atoms with Crippen LogP contribution in [0.1, 0.15) is 52.0 Å². The van der Waals surface area contributed by atoms with Crippen LogP contribution in [0, 0.1) is 11.7 Å². The Balaban J connectivity index is 1.40. The summed E-state index contributed by atoms with van der Waals surface area (Å²) in [6.45, 7) is 1.29. The standard InChI is InChI=1S/C31H25Cl2FN4O3/c1-41-29(39)16-7-10-23-22(11-16)35-28-25-24(14-37(23)28)38(13-15-5-6-15)31(26(25)18-3-2-4-20(33)27(18)34)19-9-8-17(32)12-21(19)36-30(31)40/h2-4,7-12,15,24-26H,5-6,13-14H2,1H3,(H,36,40)/t24-,25+,26+,31+/m1/s1. The number of likely N-dealkylation sites (tertiary alicyclic amines) is 1. The Morgan fingerprint density at radius 1 is 1.17 bits per heavy atom. The Labute approximate surface area is 245 Å². The lowest BCUT2D eigenvalue weighted by Gasteiger charge is -2.40. The minimum Gasteiger partial charge on any atom is -0.465 e. The zero-order valence-electron chi connectivity index (χ0n) is 22.0. The lowest BCUT2D eigenvalue weighted by Crippen LogP contribution is -2.53. The van der Waals surface area contributed by atoms with Gasteiger partial charge in [-0.3, -0.25) is 9.69 Å². The third kappa shape index (κ3) is 3.38. The molecule has 0 bridgehead atoms. The van der Waals surface area contributed by atoms with Crippen molar-refractivity contribution in [1.29, 1.82) is 0 Å². The van der Waals surface area contributed by atoms with Gasteiger partial charge in [-0.05, 0) is 60.7 Å². The van der Waals surface area contributed by atoms with E-state index < -0.39 is 23.2 Å². The molecule has 1 aliphatic carbocycles. The molecule has 1 N–H and O–H groups in total. The number of aromatic nitrogens is 2. The Hall–Kier alpha value is -3.46. The third-order valence-electron chi connectivity index (χ3n) is 9.40. The van der Waals surface area contributed by atoms with E-state index in [4.69, 9.17) is 32.9 Å². The summed E-state index contributed by atoms with van der Waals surface area (Å²) in [4.78, 5) is 34.0. The quantitative estimate of drug-likeness (QED) is 0.291. The normalized spacial score (nSPS) is 26.3. The number of nitrogens with one attached hydrogen (secondary N) is 1. The second-order valence-corrected chi connectivity index (χ2v) is 12.3. The van der Waals surface area contributed by atoms with E-state index in [9.17, 15) is 9.59 Å². The number of halogens is 3. The fourth-order valence-corrected chi connectivity index (χ4v) is 7.95. The highest BCUT2D eigenvalue weighted by atomic mass is 35.5. The summed E-state index contributed by atoms with van der Waals surface area (Å²) in [6, 6.07) is 15.7. The average molecular weight is 591 g/mol. The fraction of sp³-hybridized carbons (Fsp3) is 0.323. The molecule has 208 valence electrons. The number of imidazole rings is 1. The summed E-state index contributed by atoms with van der Waals surface area (Å²) in [7, 11) is 1.35. The van der Waals surface area contributed by atoms with Crippen LogP contribution in [0.2, 0.25) is 10.0 Å². The molecule has 0 radical (unpaired) electrons. The lowest BCUT2D eigenvalue weighted by atomic mass is 9.71. The van der Waals surface area contributed by atoms with Crippen LogP contribution >= 0.6 is 23.2 Å². The van der Waals surface area contributed by atoms with E-state index in [0.717, 1.165) is 29.7 Å². The highest BCUT2D eigenvalue weighted by Gasteiger charge is 2.69. The first-order valence-electron chi connectivity index (χ1n) is 13.7. The number of ether oxygens (including phenoxy) is 1. The molecule has 3 aliphatic heterocycles. The lowest BCUT2D eigenvalue weighted by molar-refractivity contribution is -0.128. The van der Waals surface area contributed by atoms with Gasteiger partial charge in [0.1, 0.15) is 17.2 Å². The van der Waals surface area contributed by atoms with Crippen LogP contribution in [0.3, 0.4) is 0 Å². The van der Waals surface area contributed by atoms with E-state index in [1.54, 1.807) is 36.4 Å². The second-order valence-electron chi connectivity index (χ2n) is 11.5. The van der Waals surface area contributed by atoms with Gasteiger partial charge in [0.05, 0.1) is 28.7 Å². The van der Waals surface area contributed by atoms with Gasteiger partial charge in [0.25, 0.3) is 0 Å². The van der Waals surface area contributed by atoms with Crippen molar-refractivity contribution >= 4 is 51.8 Å². The monoisotopic (exact) mass is 590 g/mol. The van der Waals surface area contributed by atoms with Crippen molar-refractivity contribution in [3.63, 3.8) is 0 Å². The highest BCUT2D eigenvalue weighted by Crippen LogP contribution is 2.65. The maximum Gasteiger partial charge on any atom is 0.337 e. The highest BCUT2D eigenvalue weighted by molar-refractivity contribution is 6.31.